The normalized spacial score (nSPS) is 24.0. The van der Waals surface area contributed by atoms with E-state index in [0.717, 1.165) is 25.4 Å². The Morgan fingerprint density at radius 3 is 3.00 bits per heavy atom. The zero-order chi connectivity index (χ0) is 8.97. The van der Waals surface area contributed by atoms with Crippen molar-refractivity contribution in [1.29, 1.82) is 0 Å². The van der Waals surface area contributed by atoms with Gasteiger partial charge in [-0.1, -0.05) is 13.8 Å². The molecule has 0 aromatic heterocycles. The fraction of sp³-hybridized carbons (Fsp3) is 0.889. The zero-order valence-corrected chi connectivity index (χ0v) is 8.13. The minimum atomic E-state index is 0.337. The van der Waals surface area contributed by atoms with Gasteiger partial charge in [-0.2, -0.15) is 0 Å². The van der Waals surface area contributed by atoms with Gasteiger partial charge in [-0.15, -0.1) is 0 Å². The van der Waals surface area contributed by atoms with E-state index in [-0.39, 0.29) is 0 Å². The van der Waals surface area contributed by atoms with Gasteiger partial charge in [0.25, 0.3) is 0 Å². The van der Waals surface area contributed by atoms with E-state index in [1.54, 1.807) is 7.11 Å². The molecular weight excluding hydrogens is 152 g/mol. The Balaban J connectivity index is 2.49. The number of rotatable bonds is 2. The Kier molecular flexibility index (Phi) is 3.53. The van der Waals surface area contributed by atoms with Crippen LogP contribution in [0.1, 0.15) is 20.3 Å². The van der Waals surface area contributed by atoms with Crippen molar-refractivity contribution in [3.8, 4) is 0 Å². The molecule has 1 aliphatic heterocycles. The van der Waals surface area contributed by atoms with E-state index in [4.69, 9.17) is 4.74 Å². The van der Waals surface area contributed by atoms with E-state index in [9.17, 15) is 0 Å². The third-order valence-electron chi connectivity index (χ3n) is 1.98. The number of nitrogens with one attached hydrogen (secondary N) is 1. The van der Waals surface area contributed by atoms with Gasteiger partial charge in [-0.05, 0) is 12.3 Å². The molecule has 0 radical (unpaired) electrons. The zero-order valence-electron chi connectivity index (χ0n) is 8.13. The van der Waals surface area contributed by atoms with Crippen LogP contribution in [0.25, 0.3) is 0 Å². The Bertz CT molecular complexity index is 166. The summed E-state index contributed by atoms with van der Waals surface area (Å²) >= 11 is 0. The second-order valence-corrected chi connectivity index (χ2v) is 3.56. The van der Waals surface area contributed by atoms with Crippen LogP contribution < -0.4 is 5.32 Å². The van der Waals surface area contributed by atoms with Crippen LogP contribution in [0.2, 0.25) is 0 Å². The molecule has 12 heavy (non-hydrogen) atoms. The van der Waals surface area contributed by atoms with Crippen molar-refractivity contribution in [1.82, 2.24) is 5.32 Å². The van der Waals surface area contributed by atoms with Crippen molar-refractivity contribution in [2.45, 2.75) is 26.3 Å². The molecule has 1 unspecified atom stereocenters. The van der Waals surface area contributed by atoms with Gasteiger partial charge in [0.1, 0.15) is 0 Å². The van der Waals surface area contributed by atoms with Gasteiger partial charge in [0.2, 0.25) is 5.90 Å². The van der Waals surface area contributed by atoms with Gasteiger partial charge in [0, 0.05) is 6.54 Å². The number of hydrogen-bond donors (Lipinski definition) is 1. The summed E-state index contributed by atoms with van der Waals surface area (Å²) in [5.74, 6) is 1.55. The molecule has 0 bridgehead atoms. The number of ether oxygens (including phenoxy) is 1. The van der Waals surface area contributed by atoms with E-state index in [2.05, 4.69) is 24.2 Å². The quantitative estimate of drug-likeness (QED) is 0.672. The molecule has 0 saturated carbocycles. The SMILES string of the molecule is COC1=NCCNC1CC(C)C. The Hall–Kier alpha value is -0.570. The lowest BCUT2D eigenvalue weighted by Gasteiger charge is -2.24. The summed E-state index contributed by atoms with van der Waals surface area (Å²) in [7, 11) is 1.69. The molecule has 1 N–H and O–H groups in total. The summed E-state index contributed by atoms with van der Waals surface area (Å²) in [6.45, 7) is 6.25. The van der Waals surface area contributed by atoms with Crippen LogP contribution >= 0.6 is 0 Å². The minimum Gasteiger partial charge on any atom is -0.483 e. The van der Waals surface area contributed by atoms with Crippen LogP contribution in [0, 0.1) is 5.92 Å². The van der Waals surface area contributed by atoms with E-state index in [1.807, 2.05) is 0 Å². The summed E-state index contributed by atoms with van der Waals surface area (Å²) in [6, 6.07) is 0.337. The third-order valence-corrected chi connectivity index (χ3v) is 1.98. The van der Waals surface area contributed by atoms with Crippen molar-refractivity contribution < 1.29 is 4.74 Å². The average molecular weight is 170 g/mol. The average Bonchev–Trinajstić information content (AvgIpc) is 2.04. The predicted octanol–water partition coefficient (Wildman–Crippen LogP) is 1.05. The molecule has 0 saturated heterocycles. The summed E-state index contributed by atoms with van der Waals surface area (Å²) < 4.78 is 5.19. The molecule has 0 amide bonds. The Morgan fingerprint density at radius 2 is 2.42 bits per heavy atom. The highest BCUT2D eigenvalue weighted by Gasteiger charge is 2.19. The van der Waals surface area contributed by atoms with Gasteiger partial charge in [0.05, 0.1) is 19.7 Å². The van der Waals surface area contributed by atoms with Crippen molar-refractivity contribution in [2.24, 2.45) is 10.9 Å². The minimum absolute atomic E-state index is 0.337. The third kappa shape index (κ3) is 2.48. The van der Waals surface area contributed by atoms with Crippen LogP contribution in [0.3, 0.4) is 0 Å². The fourth-order valence-electron chi connectivity index (χ4n) is 1.46. The number of nitrogens with zero attached hydrogens (tertiary/aromatic N) is 1. The molecule has 0 aromatic carbocycles. The van der Waals surface area contributed by atoms with E-state index in [1.165, 1.54) is 0 Å². The first-order chi connectivity index (χ1) is 5.74. The van der Waals surface area contributed by atoms with Crippen LogP contribution in [0.4, 0.5) is 0 Å². The van der Waals surface area contributed by atoms with Gasteiger partial charge in [-0.3, -0.25) is 4.99 Å². The van der Waals surface area contributed by atoms with Gasteiger partial charge >= 0.3 is 0 Å². The highest BCUT2D eigenvalue weighted by molar-refractivity contribution is 5.82. The summed E-state index contributed by atoms with van der Waals surface area (Å²) in [5.41, 5.74) is 0. The predicted molar refractivity (Wildman–Crippen MR) is 50.6 cm³/mol. The smallest absolute Gasteiger partial charge is 0.200 e. The summed E-state index contributed by atoms with van der Waals surface area (Å²) in [6.07, 6.45) is 1.10. The first kappa shape index (κ1) is 9.52. The molecule has 1 heterocycles. The maximum absolute atomic E-state index is 5.19. The number of aliphatic imine (C=N–C) groups is 1. The lowest BCUT2D eigenvalue weighted by molar-refractivity contribution is 0.340. The molecule has 0 aliphatic carbocycles. The number of methoxy groups -OCH3 is 1. The molecule has 0 aromatic rings. The largest absolute Gasteiger partial charge is 0.483 e. The second-order valence-electron chi connectivity index (χ2n) is 3.56. The van der Waals surface area contributed by atoms with E-state index in [0.29, 0.717) is 12.0 Å². The van der Waals surface area contributed by atoms with E-state index >= 15 is 0 Å². The monoisotopic (exact) mass is 170 g/mol. The second kappa shape index (κ2) is 4.45. The van der Waals surface area contributed by atoms with Crippen LogP contribution in [0.15, 0.2) is 4.99 Å². The van der Waals surface area contributed by atoms with Gasteiger partial charge < -0.3 is 10.1 Å². The first-order valence-electron chi connectivity index (χ1n) is 4.55. The maximum atomic E-state index is 5.19. The standard InChI is InChI=1S/C9H18N2O/c1-7(2)6-8-9(12-3)11-5-4-10-8/h7-8,10H,4-6H2,1-3H3. The molecular formula is C9H18N2O. The van der Waals surface area contributed by atoms with Crippen molar-refractivity contribution in [3.05, 3.63) is 0 Å². The molecule has 3 nitrogen and oxygen atoms in total. The van der Waals surface area contributed by atoms with Crippen molar-refractivity contribution in [2.75, 3.05) is 20.2 Å². The maximum Gasteiger partial charge on any atom is 0.200 e. The summed E-state index contributed by atoms with van der Waals surface area (Å²) in [4.78, 5) is 4.31. The Labute approximate surface area is 74.2 Å². The molecule has 1 aliphatic rings. The van der Waals surface area contributed by atoms with E-state index < -0.39 is 0 Å². The van der Waals surface area contributed by atoms with Crippen LogP contribution in [-0.4, -0.2) is 32.1 Å². The van der Waals surface area contributed by atoms with Crippen molar-refractivity contribution >= 4 is 5.90 Å². The van der Waals surface area contributed by atoms with Gasteiger partial charge in [0.15, 0.2) is 0 Å². The van der Waals surface area contributed by atoms with Crippen LogP contribution in [-0.2, 0) is 4.74 Å². The first-order valence-corrected chi connectivity index (χ1v) is 4.55. The van der Waals surface area contributed by atoms with Gasteiger partial charge in [-0.25, -0.2) is 0 Å². The summed E-state index contributed by atoms with van der Waals surface area (Å²) in [5, 5.41) is 3.40. The lowest BCUT2D eigenvalue weighted by Crippen LogP contribution is -2.43. The molecule has 1 rings (SSSR count). The van der Waals surface area contributed by atoms with Crippen molar-refractivity contribution in [3.63, 3.8) is 0 Å². The highest BCUT2D eigenvalue weighted by atomic mass is 16.5. The Morgan fingerprint density at radius 1 is 1.67 bits per heavy atom. The fourth-order valence-corrected chi connectivity index (χ4v) is 1.46. The molecule has 1 atom stereocenters. The molecule has 70 valence electrons. The topological polar surface area (TPSA) is 33.6 Å². The molecule has 0 fully saturated rings. The van der Waals surface area contributed by atoms with Crippen LogP contribution in [0.5, 0.6) is 0 Å². The molecule has 0 spiro atoms. The lowest BCUT2D eigenvalue weighted by atomic mass is 10.0. The molecule has 3 heteroatoms. The number of hydrogen-bond acceptors (Lipinski definition) is 3. The highest BCUT2D eigenvalue weighted by Crippen LogP contribution is 2.08.